The van der Waals surface area contributed by atoms with Crippen LogP contribution in [0.2, 0.25) is 15.8 Å². The van der Waals surface area contributed by atoms with Gasteiger partial charge in [-0.05, 0) is 0 Å². The lowest BCUT2D eigenvalue weighted by atomic mass is 1.71. The molecule has 0 saturated carbocycles. The normalized spacial score (nSPS) is 9.00. The minimum Gasteiger partial charge on any atom is -0.0967 e. The Kier molecular flexibility index (Phi) is 5.04. The largest absolute Gasteiger partial charge is 0.261 e. The highest BCUT2D eigenvalue weighted by Gasteiger charge is 2.05. The van der Waals surface area contributed by atoms with Crippen LogP contribution in [0.1, 0.15) is 20.8 Å². The van der Waals surface area contributed by atoms with Crippen molar-refractivity contribution in [3.05, 3.63) is 0 Å². The van der Waals surface area contributed by atoms with E-state index in [0.29, 0.717) is 0 Å². The van der Waals surface area contributed by atoms with Crippen LogP contribution in [0.3, 0.4) is 0 Å². The molecule has 7 heavy (non-hydrogen) atoms. The van der Waals surface area contributed by atoms with Crippen molar-refractivity contribution in [2.75, 3.05) is 0 Å². The lowest BCUT2D eigenvalue weighted by molar-refractivity contribution is 1.24. The van der Waals surface area contributed by atoms with Crippen LogP contribution in [0, 0.1) is 0 Å². The summed E-state index contributed by atoms with van der Waals surface area (Å²) in [6.07, 6.45) is 0. The van der Waals surface area contributed by atoms with E-state index in [4.69, 9.17) is 0 Å². The summed E-state index contributed by atoms with van der Waals surface area (Å²) in [5.41, 5.74) is 0. The molecule has 0 fully saturated rings. The second kappa shape index (κ2) is 4.69. The summed E-state index contributed by atoms with van der Waals surface area (Å²) in [7, 11) is 0. The zero-order valence-electron chi connectivity index (χ0n) is 5.70. The number of rotatable bonds is 3. The minimum absolute atomic E-state index is 0.171. The van der Waals surface area contributed by atoms with Gasteiger partial charge in [0.2, 0.25) is 0 Å². The molecule has 0 aromatic rings. The van der Waals surface area contributed by atoms with Gasteiger partial charge in [-0.1, -0.05) is 36.6 Å². The van der Waals surface area contributed by atoms with Crippen LogP contribution in [0.15, 0.2) is 0 Å². The first kappa shape index (κ1) is 7.53. The molecule has 0 rings (SSSR count). The van der Waals surface area contributed by atoms with Gasteiger partial charge in [0.15, 0.2) is 0 Å². The molecule has 0 atom stereocenters. The van der Waals surface area contributed by atoms with Gasteiger partial charge in [0.05, 0.1) is 0 Å². The van der Waals surface area contributed by atoms with Crippen molar-refractivity contribution in [3.8, 4) is 0 Å². The molecule has 1 heteroatoms. The second-order valence-electron chi connectivity index (χ2n) is 2.09. The Morgan fingerprint density at radius 2 is 1.14 bits per heavy atom. The third-order valence-electron chi connectivity index (χ3n) is 1.73. The molecule has 0 heterocycles. The predicted octanol–water partition coefficient (Wildman–Crippen LogP) is 2.54. The van der Waals surface area contributed by atoms with Crippen molar-refractivity contribution in [2.24, 2.45) is 0 Å². The number of hydrogen-bond donors (Lipinski definition) is 0. The molecule has 42 valence electrons. The van der Waals surface area contributed by atoms with Crippen LogP contribution in [-0.2, 0) is 0 Å². The molecule has 0 aromatic heterocycles. The molecule has 0 aromatic carbocycles. The number of hydrogen-bond acceptors (Lipinski definition) is 0. The van der Waals surface area contributed by atoms with Gasteiger partial charge in [-0.25, -0.2) is 0 Å². The minimum atomic E-state index is -0.171. The highest BCUT2D eigenvalue weighted by atomic mass is 13.2. The summed E-state index contributed by atoms with van der Waals surface area (Å²) >= 11 is -0.171. The Hall–Kier alpha value is 0.532. The maximum Gasteiger partial charge on any atom is 0.261 e. The summed E-state index contributed by atoms with van der Waals surface area (Å²) in [6, 6.07) is 0. The van der Waals surface area contributed by atoms with E-state index in [9.17, 15) is 0 Å². The first-order valence-corrected chi connectivity index (χ1v) is 5.80. The van der Waals surface area contributed by atoms with E-state index in [-0.39, 0.29) is 14.1 Å². The molecule has 0 aliphatic carbocycles. The van der Waals surface area contributed by atoms with E-state index < -0.39 is 0 Å². The molecule has 0 saturated heterocycles. The van der Waals surface area contributed by atoms with E-state index in [2.05, 4.69) is 20.8 Å². The van der Waals surface area contributed by atoms with E-state index >= 15 is 0 Å². The van der Waals surface area contributed by atoms with E-state index in [1.54, 1.807) is 0 Å². The van der Waals surface area contributed by atoms with Crippen LogP contribution in [0.4, 0.5) is 0 Å². The summed E-state index contributed by atoms with van der Waals surface area (Å²) < 4.78 is 0. The third-order valence-corrected chi connectivity index (χ3v) is 5.20. The first-order valence-electron chi connectivity index (χ1n) is 3.35. The fourth-order valence-electron chi connectivity index (χ4n) is 0.866. The Morgan fingerprint density at radius 3 is 1.14 bits per heavy atom. The second-order valence-corrected chi connectivity index (χ2v) is 6.27. The van der Waals surface area contributed by atoms with Gasteiger partial charge in [-0.2, -0.15) is 0 Å². The maximum absolute atomic E-state index is 2.32. The molecular formula is C6H15Al. The Balaban J connectivity index is 2.99. The van der Waals surface area contributed by atoms with Gasteiger partial charge in [-0.3, -0.25) is 0 Å². The van der Waals surface area contributed by atoms with Crippen LogP contribution < -0.4 is 0 Å². The summed E-state index contributed by atoms with van der Waals surface area (Å²) in [5.74, 6) is 0. The van der Waals surface area contributed by atoms with Crippen molar-refractivity contribution >= 4 is 14.1 Å². The van der Waals surface area contributed by atoms with Crippen molar-refractivity contribution in [1.82, 2.24) is 0 Å². The summed E-state index contributed by atoms with van der Waals surface area (Å²) in [4.78, 5) is 0. The molecule has 0 amide bonds. The molecule has 0 aliphatic rings. The zero-order chi connectivity index (χ0) is 5.70. The van der Waals surface area contributed by atoms with Crippen LogP contribution >= 0.6 is 0 Å². The molecule has 0 spiro atoms. The SMILES string of the molecule is C[CH2][2Al]([CH2]C)[CH2]C. The fourth-order valence-corrected chi connectivity index (χ4v) is 2.60. The standard InChI is InChI=1S/3C2H5.Al/c3*1-2;/h3*1H2,2H3;/i;;;1-25. The fraction of sp³-hybridized carbons (Fsp3) is 1.00. The average Bonchev–Trinajstić information content (AvgIpc) is 1.72. The Labute approximate surface area is 51.3 Å². The van der Waals surface area contributed by atoms with Crippen LogP contribution in [-0.4, -0.2) is 14.1 Å². The molecule has 0 aliphatic heterocycles. The quantitative estimate of drug-likeness (QED) is 0.466. The lowest BCUT2D eigenvalue weighted by Crippen LogP contribution is -2.04. The average molecular weight is 89.2 g/mol. The van der Waals surface area contributed by atoms with Gasteiger partial charge in [0.25, 0.3) is 14.1 Å². The lowest BCUT2D eigenvalue weighted by Gasteiger charge is -1.97. The Morgan fingerprint density at radius 1 is 0.857 bits per heavy atom. The van der Waals surface area contributed by atoms with Crippen molar-refractivity contribution < 1.29 is 0 Å². The highest BCUT2D eigenvalue weighted by Crippen LogP contribution is 2.01. The van der Waals surface area contributed by atoms with Gasteiger partial charge < -0.3 is 0 Å². The highest BCUT2D eigenvalue weighted by molar-refractivity contribution is 6.58. The van der Waals surface area contributed by atoms with Crippen molar-refractivity contribution in [2.45, 2.75) is 36.6 Å². The molecule has 0 nitrogen and oxygen atoms in total. The smallest absolute Gasteiger partial charge is 0.0967 e. The van der Waals surface area contributed by atoms with Gasteiger partial charge >= 0.3 is 0 Å². The van der Waals surface area contributed by atoms with E-state index in [1.807, 2.05) is 0 Å². The van der Waals surface area contributed by atoms with Crippen molar-refractivity contribution in [1.29, 1.82) is 0 Å². The zero-order valence-corrected chi connectivity index (χ0v) is 6.85. The topological polar surface area (TPSA) is 0 Å². The van der Waals surface area contributed by atoms with Gasteiger partial charge in [-0.15, -0.1) is 0 Å². The predicted molar refractivity (Wildman–Crippen MR) is 37.2 cm³/mol. The molecule has 0 unspecified atom stereocenters. The van der Waals surface area contributed by atoms with E-state index in [0.717, 1.165) is 0 Å². The molecule has 0 N–H and O–H groups in total. The molecule has 0 radical (unpaired) electrons. The van der Waals surface area contributed by atoms with Gasteiger partial charge in [0.1, 0.15) is 0 Å². The van der Waals surface area contributed by atoms with Gasteiger partial charge in [0, 0.05) is 0 Å². The Bertz CT molecular complexity index is 25.7. The van der Waals surface area contributed by atoms with Crippen LogP contribution in [0.5, 0.6) is 0 Å². The molecular weight excluding hydrogens is 74.1 g/mol. The molecule has 0 bridgehead atoms. The third kappa shape index (κ3) is 3.14. The van der Waals surface area contributed by atoms with Crippen LogP contribution in [0.25, 0.3) is 0 Å². The summed E-state index contributed by atoms with van der Waals surface area (Å²) in [6.45, 7) is 6.97. The maximum atomic E-state index is 2.32. The summed E-state index contributed by atoms with van der Waals surface area (Å²) in [5, 5.41) is 4.48. The van der Waals surface area contributed by atoms with E-state index in [1.165, 1.54) is 15.8 Å². The monoisotopic (exact) mass is 89.1 g/mol. The first-order chi connectivity index (χ1) is 3.35. The van der Waals surface area contributed by atoms with Crippen molar-refractivity contribution in [3.63, 3.8) is 0 Å².